The second-order valence-electron chi connectivity index (χ2n) is 6.90. The van der Waals surface area contributed by atoms with Gasteiger partial charge in [0.15, 0.2) is 0 Å². The molecular formula is C23H22N2O3S. The Morgan fingerprint density at radius 2 is 1.59 bits per heavy atom. The first-order valence-corrected chi connectivity index (χ1v) is 10.8. The number of fused-ring (bicyclic) bond motifs is 1. The fraction of sp³-hybridized carbons (Fsp3) is 0.130. The Kier molecular flexibility index (Phi) is 5.13. The van der Waals surface area contributed by atoms with Gasteiger partial charge in [-0.15, -0.1) is 0 Å². The Balaban J connectivity index is 1.86. The van der Waals surface area contributed by atoms with Crippen LogP contribution >= 0.6 is 0 Å². The lowest BCUT2D eigenvalue weighted by molar-refractivity contribution is 0.406. The summed E-state index contributed by atoms with van der Waals surface area (Å²) in [7, 11) is -2.18. The summed E-state index contributed by atoms with van der Waals surface area (Å²) in [5.74, 6) is 0.620. The van der Waals surface area contributed by atoms with Gasteiger partial charge in [-0.3, -0.25) is 0 Å². The Hall–Kier alpha value is -3.09. The van der Waals surface area contributed by atoms with Crippen molar-refractivity contribution in [1.29, 1.82) is 0 Å². The van der Waals surface area contributed by atoms with E-state index in [4.69, 9.17) is 4.74 Å². The minimum Gasteiger partial charge on any atom is -0.496 e. The van der Waals surface area contributed by atoms with Gasteiger partial charge < -0.3 is 9.72 Å². The second-order valence-corrected chi connectivity index (χ2v) is 8.61. The monoisotopic (exact) mass is 406 g/mol. The molecule has 0 spiro atoms. The number of ether oxygens (including phenoxy) is 1. The number of nitrogens with one attached hydrogen (secondary N) is 2. The summed E-state index contributed by atoms with van der Waals surface area (Å²) in [6.45, 7) is 1.92. The number of rotatable bonds is 6. The third-order valence-corrected chi connectivity index (χ3v) is 6.43. The first-order valence-electron chi connectivity index (χ1n) is 9.27. The third-order valence-electron chi connectivity index (χ3n) is 4.99. The predicted octanol–water partition coefficient (Wildman–Crippen LogP) is 4.55. The van der Waals surface area contributed by atoms with Crippen LogP contribution in [0.4, 0.5) is 0 Å². The molecule has 1 unspecified atom stereocenters. The molecule has 0 fully saturated rings. The van der Waals surface area contributed by atoms with Gasteiger partial charge in [0.2, 0.25) is 10.0 Å². The molecule has 148 valence electrons. The first kappa shape index (κ1) is 19.2. The molecule has 0 aliphatic carbocycles. The van der Waals surface area contributed by atoms with Crippen LogP contribution in [0.2, 0.25) is 0 Å². The van der Waals surface area contributed by atoms with Gasteiger partial charge in [-0.2, -0.15) is 4.72 Å². The quantitative estimate of drug-likeness (QED) is 0.493. The molecule has 1 atom stereocenters. The average molecular weight is 407 g/mol. The van der Waals surface area contributed by atoms with E-state index in [0.29, 0.717) is 5.75 Å². The molecule has 0 aliphatic heterocycles. The maximum absolute atomic E-state index is 13.2. The highest BCUT2D eigenvalue weighted by Gasteiger charge is 2.27. The van der Waals surface area contributed by atoms with E-state index in [9.17, 15) is 8.42 Å². The van der Waals surface area contributed by atoms with Crippen LogP contribution in [-0.4, -0.2) is 20.5 Å². The number of aromatic amines is 1. The number of para-hydroxylation sites is 2. The molecule has 3 aromatic carbocycles. The number of H-pyrrole nitrogens is 1. The van der Waals surface area contributed by atoms with Crippen molar-refractivity contribution >= 4 is 20.9 Å². The predicted molar refractivity (Wildman–Crippen MR) is 115 cm³/mol. The van der Waals surface area contributed by atoms with Crippen LogP contribution in [0.15, 0.2) is 83.9 Å². The average Bonchev–Trinajstić information content (AvgIpc) is 3.16. The van der Waals surface area contributed by atoms with Gasteiger partial charge in [0.05, 0.1) is 18.0 Å². The van der Waals surface area contributed by atoms with Gasteiger partial charge in [0.1, 0.15) is 5.75 Å². The number of aromatic nitrogens is 1. The van der Waals surface area contributed by atoms with E-state index in [1.54, 1.807) is 31.4 Å². The summed E-state index contributed by atoms with van der Waals surface area (Å²) in [5.41, 5.74) is 3.52. The largest absolute Gasteiger partial charge is 0.496 e. The van der Waals surface area contributed by atoms with Crippen molar-refractivity contribution in [3.8, 4) is 5.75 Å². The summed E-state index contributed by atoms with van der Waals surface area (Å²) in [6, 6.07) is 21.5. The maximum atomic E-state index is 13.2. The number of benzene rings is 3. The minimum atomic E-state index is -3.76. The van der Waals surface area contributed by atoms with Crippen molar-refractivity contribution in [2.24, 2.45) is 0 Å². The highest BCUT2D eigenvalue weighted by molar-refractivity contribution is 7.89. The maximum Gasteiger partial charge on any atom is 0.241 e. The molecule has 5 nitrogen and oxygen atoms in total. The number of sulfonamides is 1. The summed E-state index contributed by atoms with van der Waals surface area (Å²) >= 11 is 0. The molecule has 6 heteroatoms. The van der Waals surface area contributed by atoms with E-state index in [2.05, 4.69) is 9.71 Å². The fourth-order valence-corrected chi connectivity index (χ4v) is 4.67. The molecule has 29 heavy (non-hydrogen) atoms. The van der Waals surface area contributed by atoms with E-state index >= 15 is 0 Å². The molecule has 1 aromatic heterocycles. The van der Waals surface area contributed by atoms with E-state index in [1.165, 1.54) is 0 Å². The lowest BCUT2D eigenvalue weighted by Crippen LogP contribution is -2.29. The SMILES string of the molecule is COc1ccccc1C(NS(=O)(=O)c1ccc(C)cc1)c1c[nH]c2ccccc12. The Morgan fingerprint density at radius 3 is 2.34 bits per heavy atom. The summed E-state index contributed by atoms with van der Waals surface area (Å²) in [5, 5.41) is 0.954. The van der Waals surface area contributed by atoms with Crippen LogP contribution < -0.4 is 9.46 Å². The van der Waals surface area contributed by atoms with Crippen molar-refractivity contribution < 1.29 is 13.2 Å². The van der Waals surface area contributed by atoms with Crippen LogP contribution in [0.3, 0.4) is 0 Å². The lowest BCUT2D eigenvalue weighted by Gasteiger charge is -2.21. The summed E-state index contributed by atoms with van der Waals surface area (Å²) in [6.07, 6.45) is 1.85. The molecule has 0 bridgehead atoms. The van der Waals surface area contributed by atoms with Crippen molar-refractivity contribution in [3.05, 3.63) is 95.7 Å². The normalized spacial score (nSPS) is 12.8. The van der Waals surface area contributed by atoms with Gasteiger partial charge >= 0.3 is 0 Å². The van der Waals surface area contributed by atoms with Crippen molar-refractivity contribution in [3.63, 3.8) is 0 Å². The van der Waals surface area contributed by atoms with Gasteiger partial charge in [0.25, 0.3) is 0 Å². The number of hydrogen-bond donors (Lipinski definition) is 2. The molecule has 0 radical (unpaired) electrons. The van der Waals surface area contributed by atoms with Crippen LogP contribution in [0.5, 0.6) is 5.75 Å². The van der Waals surface area contributed by atoms with E-state index in [0.717, 1.165) is 27.6 Å². The molecule has 4 rings (SSSR count). The summed E-state index contributed by atoms with van der Waals surface area (Å²) < 4.78 is 34.8. The number of hydrogen-bond acceptors (Lipinski definition) is 3. The highest BCUT2D eigenvalue weighted by atomic mass is 32.2. The van der Waals surface area contributed by atoms with Crippen molar-refractivity contribution in [1.82, 2.24) is 9.71 Å². The minimum absolute atomic E-state index is 0.225. The molecule has 4 aromatic rings. The molecule has 0 amide bonds. The molecular weight excluding hydrogens is 384 g/mol. The first-order chi connectivity index (χ1) is 14.0. The third kappa shape index (κ3) is 3.77. The smallest absolute Gasteiger partial charge is 0.241 e. The van der Waals surface area contributed by atoms with Crippen LogP contribution in [0.1, 0.15) is 22.7 Å². The fourth-order valence-electron chi connectivity index (χ4n) is 3.47. The Bertz CT molecular complexity index is 1240. The number of aryl methyl sites for hydroxylation is 1. The summed E-state index contributed by atoms with van der Waals surface area (Å²) in [4.78, 5) is 3.46. The van der Waals surface area contributed by atoms with Crippen molar-refractivity contribution in [2.45, 2.75) is 17.9 Å². The zero-order chi connectivity index (χ0) is 20.4. The van der Waals surface area contributed by atoms with Gasteiger partial charge in [-0.1, -0.05) is 54.1 Å². The highest BCUT2D eigenvalue weighted by Crippen LogP contribution is 2.35. The Morgan fingerprint density at radius 1 is 0.897 bits per heavy atom. The van der Waals surface area contributed by atoms with Crippen LogP contribution in [0.25, 0.3) is 10.9 Å². The standard InChI is InChI=1S/C23H22N2O3S/c1-16-11-13-17(14-12-16)29(26,27)25-23(19-8-4-6-10-22(19)28-2)20-15-24-21-9-5-3-7-18(20)21/h3-15,23-25H,1-2H3. The lowest BCUT2D eigenvalue weighted by atomic mass is 9.98. The van der Waals surface area contributed by atoms with Crippen LogP contribution in [0, 0.1) is 6.92 Å². The van der Waals surface area contributed by atoms with E-state index < -0.39 is 16.1 Å². The zero-order valence-electron chi connectivity index (χ0n) is 16.2. The second kappa shape index (κ2) is 7.73. The Labute approximate surface area is 170 Å². The number of methoxy groups -OCH3 is 1. The van der Waals surface area contributed by atoms with Gasteiger partial charge in [-0.05, 0) is 36.8 Å². The van der Waals surface area contributed by atoms with Gasteiger partial charge in [-0.25, -0.2) is 8.42 Å². The molecule has 0 saturated heterocycles. The molecule has 1 heterocycles. The molecule has 0 aliphatic rings. The molecule has 0 saturated carbocycles. The van der Waals surface area contributed by atoms with Crippen LogP contribution in [-0.2, 0) is 10.0 Å². The van der Waals surface area contributed by atoms with Crippen molar-refractivity contribution in [2.75, 3.05) is 7.11 Å². The van der Waals surface area contributed by atoms with E-state index in [1.807, 2.05) is 61.7 Å². The molecule has 2 N–H and O–H groups in total. The topological polar surface area (TPSA) is 71.2 Å². The zero-order valence-corrected chi connectivity index (χ0v) is 17.0. The van der Waals surface area contributed by atoms with E-state index in [-0.39, 0.29) is 4.90 Å². The van der Waals surface area contributed by atoms with Gasteiger partial charge in [0, 0.05) is 22.7 Å².